The van der Waals surface area contributed by atoms with Crippen LogP contribution in [0.4, 0.5) is 0 Å². The summed E-state index contributed by atoms with van der Waals surface area (Å²) in [6.07, 6.45) is 1.05. The molecule has 0 bridgehead atoms. The number of carbonyl (C=O) groups is 1. The van der Waals surface area contributed by atoms with Gasteiger partial charge in [0, 0.05) is 12.0 Å². The maximum atomic E-state index is 11.9. The molecule has 2 N–H and O–H groups in total. The standard InChI is InChI=1S/C9H14IN3O/c1-3-6-5(2)7-8(12-6)11-4-13(10)9(7)14/h5-6,11-12H,3-4H2,1-2H3. The second kappa shape index (κ2) is 3.60. The molecule has 0 saturated carbocycles. The Balaban J connectivity index is 2.27. The Kier molecular flexibility index (Phi) is 2.59. The topological polar surface area (TPSA) is 44.4 Å². The van der Waals surface area contributed by atoms with E-state index >= 15 is 0 Å². The lowest BCUT2D eigenvalue weighted by Crippen LogP contribution is -2.41. The zero-order valence-electron chi connectivity index (χ0n) is 8.30. The number of carbonyl (C=O) groups excluding carboxylic acids is 1. The van der Waals surface area contributed by atoms with Gasteiger partial charge in [-0.1, -0.05) is 13.8 Å². The summed E-state index contributed by atoms with van der Waals surface area (Å²) in [7, 11) is 0. The van der Waals surface area contributed by atoms with Crippen LogP contribution in [-0.4, -0.2) is 21.7 Å². The Labute approximate surface area is 97.6 Å². The average molecular weight is 307 g/mol. The molecule has 0 aromatic carbocycles. The maximum Gasteiger partial charge on any atom is 0.263 e. The minimum atomic E-state index is 0.148. The van der Waals surface area contributed by atoms with E-state index in [0.717, 1.165) is 17.8 Å². The van der Waals surface area contributed by atoms with Gasteiger partial charge in [-0.25, -0.2) is 0 Å². The summed E-state index contributed by atoms with van der Waals surface area (Å²) in [6.45, 7) is 4.84. The third-order valence-electron chi connectivity index (χ3n) is 2.94. The lowest BCUT2D eigenvalue weighted by Gasteiger charge is -2.24. The summed E-state index contributed by atoms with van der Waals surface area (Å²) >= 11 is 2.05. The molecule has 0 aromatic heterocycles. The molecule has 14 heavy (non-hydrogen) atoms. The molecule has 2 unspecified atom stereocenters. The molecule has 2 heterocycles. The van der Waals surface area contributed by atoms with Gasteiger partial charge in [-0.15, -0.1) is 0 Å². The van der Waals surface area contributed by atoms with E-state index in [1.54, 1.807) is 3.11 Å². The fourth-order valence-electron chi connectivity index (χ4n) is 2.07. The minimum Gasteiger partial charge on any atom is -0.368 e. The van der Waals surface area contributed by atoms with Crippen molar-refractivity contribution < 1.29 is 4.79 Å². The first-order chi connectivity index (χ1) is 6.65. The number of hydrogen-bond donors (Lipinski definition) is 2. The van der Waals surface area contributed by atoms with E-state index in [4.69, 9.17) is 0 Å². The molecule has 0 spiro atoms. The van der Waals surface area contributed by atoms with Crippen LogP contribution in [0, 0.1) is 5.92 Å². The summed E-state index contributed by atoms with van der Waals surface area (Å²) in [5.41, 5.74) is 0.914. The first-order valence-electron chi connectivity index (χ1n) is 4.87. The summed E-state index contributed by atoms with van der Waals surface area (Å²) < 4.78 is 1.69. The van der Waals surface area contributed by atoms with Crippen molar-refractivity contribution in [2.45, 2.75) is 26.3 Å². The van der Waals surface area contributed by atoms with E-state index in [-0.39, 0.29) is 5.91 Å². The van der Waals surface area contributed by atoms with Crippen LogP contribution in [0.25, 0.3) is 0 Å². The van der Waals surface area contributed by atoms with Gasteiger partial charge in [0.1, 0.15) is 12.5 Å². The molecule has 0 saturated heterocycles. The van der Waals surface area contributed by atoms with E-state index in [0.29, 0.717) is 18.6 Å². The Bertz CT molecular complexity index is 302. The van der Waals surface area contributed by atoms with Crippen molar-refractivity contribution in [3.8, 4) is 0 Å². The van der Waals surface area contributed by atoms with Crippen molar-refractivity contribution in [1.82, 2.24) is 13.7 Å². The highest BCUT2D eigenvalue weighted by molar-refractivity contribution is 14.1. The molecule has 2 aliphatic rings. The molecule has 1 amide bonds. The van der Waals surface area contributed by atoms with Gasteiger partial charge in [-0.05, 0) is 6.42 Å². The average Bonchev–Trinajstić information content (AvgIpc) is 2.50. The van der Waals surface area contributed by atoms with Gasteiger partial charge in [-0.2, -0.15) is 0 Å². The summed E-state index contributed by atoms with van der Waals surface area (Å²) in [6, 6.07) is 0.402. The van der Waals surface area contributed by atoms with Gasteiger partial charge >= 0.3 is 0 Å². The van der Waals surface area contributed by atoms with Crippen LogP contribution in [0.2, 0.25) is 0 Å². The van der Waals surface area contributed by atoms with Crippen LogP contribution < -0.4 is 10.6 Å². The second-order valence-electron chi connectivity index (χ2n) is 3.74. The van der Waals surface area contributed by atoms with E-state index in [1.165, 1.54) is 0 Å². The van der Waals surface area contributed by atoms with Crippen LogP contribution in [-0.2, 0) is 4.79 Å². The highest BCUT2D eigenvalue weighted by atomic mass is 127. The number of hydrogen-bond acceptors (Lipinski definition) is 3. The van der Waals surface area contributed by atoms with Gasteiger partial charge in [0.15, 0.2) is 0 Å². The molecular weight excluding hydrogens is 293 g/mol. The largest absolute Gasteiger partial charge is 0.368 e. The number of amides is 1. The Morgan fingerprint density at radius 2 is 2.36 bits per heavy atom. The second-order valence-corrected chi connectivity index (χ2v) is 4.90. The number of rotatable bonds is 1. The normalized spacial score (nSPS) is 31.4. The first kappa shape index (κ1) is 10.1. The van der Waals surface area contributed by atoms with Crippen molar-refractivity contribution in [3.63, 3.8) is 0 Å². The van der Waals surface area contributed by atoms with E-state index < -0.39 is 0 Å². The van der Waals surface area contributed by atoms with Gasteiger partial charge < -0.3 is 10.6 Å². The Morgan fingerprint density at radius 3 is 3.00 bits per heavy atom. The summed E-state index contributed by atoms with van der Waals surface area (Å²) in [4.78, 5) is 11.9. The van der Waals surface area contributed by atoms with E-state index in [9.17, 15) is 4.79 Å². The van der Waals surface area contributed by atoms with Gasteiger partial charge in [0.05, 0.1) is 28.4 Å². The van der Waals surface area contributed by atoms with E-state index in [2.05, 4.69) is 24.5 Å². The summed E-state index contributed by atoms with van der Waals surface area (Å²) in [5.74, 6) is 1.41. The molecule has 5 heteroatoms. The molecule has 0 radical (unpaired) electrons. The fourth-order valence-corrected chi connectivity index (χ4v) is 2.50. The molecule has 0 aliphatic carbocycles. The van der Waals surface area contributed by atoms with Crippen molar-refractivity contribution in [3.05, 3.63) is 11.4 Å². The van der Waals surface area contributed by atoms with Crippen molar-refractivity contribution in [1.29, 1.82) is 0 Å². The number of nitrogens with zero attached hydrogens (tertiary/aromatic N) is 1. The quantitative estimate of drug-likeness (QED) is 0.560. The smallest absolute Gasteiger partial charge is 0.263 e. The molecular formula is C9H14IN3O. The third-order valence-corrected chi connectivity index (χ3v) is 3.72. The van der Waals surface area contributed by atoms with Crippen LogP contribution in [0.1, 0.15) is 20.3 Å². The Hall–Kier alpha value is -0.460. The minimum absolute atomic E-state index is 0.148. The predicted molar refractivity (Wildman–Crippen MR) is 62.3 cm³/mol. The number of nitrogens with one attached hydrogen (secondary N) is 2. The van der Waals surface area contributed by atoms with Crippen LogP contribution in [0.5, 0.6) is 0 Å². The van der Waals surface area contributed by atoms with Crippen molar-refractivity contribution in [2.75, 3.05) is 6.67 Å². The van der Waals surface area contributed by atoms with Crippen LogP contribution in [0.15, 0.2) is 11.4 Å². The maximum absolute atomic E-state index is 11.9. The lowest BCUT2D eigenvalue weighted by molar-refractivity contribution is -0.122. The lowest BCUT2D eigenvalue weighted by atomic mass is 9.94. The zero-order chi connectivity index (χ0) is 10.3. The third kappa shape index (κ3) is 1.37. The van der Waals surface area contributed by atoms with Crippen LogP contribution in [0.3, 0.4) is 0 Å². The van der Waals surface area contributed by atoms with Crippen LogP contribution >= 0.6 is 22.9 Å². The van der Waals surface area contributed by atoms with Crippen molar-refractivity contribution in [2.24, 2.45) is 5.92 Å². The number of halogens is 1. The summed E-state index contributed by atoms with van der Waals surface area (Å²) in [5, 5.41) is 6.58. The van der Waals surface area contributed by atoms with Gasteiger partial charge in [0.2, 0.25) is 0 Å². The first-order valence-corrected chi connectivity index (χ1v) is 5.83. The highest BCUT2D eigenvalue weighted by Crippen LogP contribution is 2.30. The van der Waals surface area contributed by atoms with Gasteiger partial charge in [0.25, 0.3) is 5.91 Å². The fraction of sp³-hybridized carbons (Fsp3) is 0.667. The highest BCUT2D eigenvalue weighted by Gasteiger charge is 2.38. The Morgan fingerprint density at radius 1 is 1.64 bits per heavy atom. The van der Waals surface area contributed by atoms with Gasteiger partial charge in [-0.3, -0.25) is 7.91 Å². The predicted octanol–water partition coefficient (Wildman–Crippen LogP) is 0.955. The molecule has 4 nitrogen and oxygen atoms in total. The SMILES string of the molecule is CCC1NC2=C(C(=O)N(I)CN2)C1C. The molecule has 0 fully saturated rings. The molecule has 2 atom stereocenters. The molecule has 0 aromatic rings. The van der Waals surface area contributed by atoms with Crippen molar-refractivity contribution >= 4 is 28.8 Å². The molecule has 2 rings (SSSR count). The monoisotopic (exact) mass is 307 g/mol. The molecule has 2 aliphatic heterocycles. The zero-order valence-corrected chi connectivity index (χ0v) is 10.5. The molecule has 78 valence electrons. The van der Waals surface area contributed by atoms with E-state index in [1.807, 2.05) is 22.9 Å².